The molecule has 0 aliphatic heterocycles. The molecule has 1 unspecified atom stereocenters. The van der Waals surface area contributed by atoms with Gasteiger partial charge in [-0.05, 0) is 22.1 Å². The van der Waals surface area contributed by atoms with Gasteiger partial charge in [-0.2, -0.15) is 0 Å². The quantitative estimate of drug-likeness (QED) is 0.648. The Morgan fingerprint density at radius 3 is 1.84 bits per heavy atom. The Labute approximate surface area is 116 Å². The van der Waals surface area contributed by atoms with Crippen LogP contribution < -0.4 is 0 Å². The van der Waals surface area contributed by atoms with Crippen molar-refractivity contribution in [2.45, 2.75) is 32.1 Å². The van der Waals surface area contributed by atoms with Gasteiger partial charge in [-0.15, -0.1) is 6.58 Å². The predicted molar refractivity (Wildman–Crippen MR) is 83.6 cm³/mol. The van der Waals surface area contributed by atoms with Gasteiger partial charge in [0.25, 0.3) is 0 Å². The van der Waals surface area contributed by atoms with Gasteiger partial charge in [-0.1, -0.05) is 81.4 Å². The SMILES string of the molecule is C=CC(c1ccccc1)c1ccc(C(C)(C)C)cc1. The fourth-order valence-electron chi connectivity index (χ4n) is 2.32. The van der Waals surface area contributed by atoms with E-state index < -0.39 is 0 Å². The van der Waals surface area contributed by atoms with E-state index in [-0.39, 0.29) is 11.3 Å². The lowest BCUT2D eigenvalue weighted by Crippen LogP contribution is -2.11. The lowest BCUT2D eigenvalue weighted by atomic mass is 9.84. The third-order valence-corrected chi connectivity index (χ3v) is 3.53. The summed E-state index contributed by atoms with van der Waals surface area (Å²) in [6.07, 6.45) is 2.02. The Hall–Kier alpha value is -1.82. The standard InChI is InChI=1S/C19H22/c1-5-18(15-9-7-6-8-10-15)16-11-13-17(14-12-16)19(2,3)4/h5-14,18H,1H2,2-4H3. The maximum Gasteiger partial charge on any atom is 0.0266 e. The second-order valence-electron chi connectivity index (χ2n) is 6.00. The van der Waals surface area contributed by atoms with Gasteiger partial charge >= 0.3 is 0 Å². The van der Waals surface area contributed by atoms with Crippen LogP contribution in [0.4, 0.5) is 0 Å². The van der Waals surface area contributed by atoms with Crippen molar-refractivity contribution in [3.8, 4) is 0 Å². The summed E-state index contributed by atoms with van der Waals surface area (Å²) < 4.78 is 0. The first-order valence-electron chi connectivity index (χ1n) is 6.80. The van der Waals surface area contributed by atoms with E-state index in [4.69, 9.17) is 0 Å². The highest BCUT2D eigenvalue weighted by Crippen LogP contribution is 2.28. The van der Waals surface area contributed by atoms with E-state index in [1.54, 1.807) is 0 Å². The first-order valence-corrected chi connectivity index (χ1v) is 6.80. The minimum absolute atomic E-state index is 0.203. The first kappa shape index (κ1) is 13.6. The molecular weight excluding hydrogens is 228 g/mol. The van der Waals surface area contributed by atoms with E-state index in [0.29, 0.717) is 0 Å². The molecule has 2 rings (SSSR count). The normalized spacial score (nSPS) is 13.0. The highest BCUT2D eigenvalue weighted by molar-refractivity contribution is 5.38. The fourth-order valence-corrected chi connectivity index (χ4v) is 2.32. The largest absolute Gasteiger partial charge is 0.102 e. The van der Waals surface area contributed by atoms with Crippen molar-refractivity contribution in [1.82, 2.24) is 0 Å². The molecule has 0 fully saturated rings. The molecule has 0 spiro atoms. The van der Waals surface area contributed by atoms with Crippen molar-refractivity contribution < 1.29 is 0 Å². The maximum atomic E-state index is 3.98. The minimum atomic E-state index is 0.203. The molecule has 1 atom stereocenters. The topological polar surface area (TPSA) is 0 Å². The third kappa shape index (κ3) is 3.14. The summed E-state index contributed by atoms with van der Waals surface area (Å²) in [7, 11) is 0. The Balaban J connectivity index is 2.33. The average molecular weight is 250 g/mol. The molecule has 0 aliphatic rings. The van der Waals surface area contributed by atoms with Crippen molar-refractivity contribution in [2.24, 2.45) is 0 Å². The van der Waals surface area contributed by atoms with E-state index in [2.05, 4.69) is 75.9 Å². The Bertz CT molecular complexity index is 527. The van der Waals surface area contributed by atoms with Crippen LogP contribution in [0.15, 0.2) is 67.3 Å². The number of benzene rings is 2. The molecule has 0 radical (unpaired) electrons. The minimum Gasteiger partial charge on any atom is -0.102 e. The summed E-state index contributed by atoms with van der Waals surface area (Å²) in [6.45, 7) is 10.7. The monoisotopic (exact) mass is 250 g/mol. The molecule has 0 saturated carbocycles. The van der Waals surface area contributed by atoms with Gasteiger partial charge in [-0.3, -0.25) is 0 Å². The Morgan fingerprint density at radius 2 is 1.37 bits per heavy atom. The van der Waals surface area contributed by atoms with Crippen LogP contribution in [0.2, 0.25) is 0 Å². The smallest absolute Gasteiger partial charge is 0.0266 e. The molecule has 98 valence electrons. The zero-order valence-corrected chi connectivity index (χ0v) is 12.1. The third-order valence-electron chi connectivity index (χ3n) is 3.53. The van der Waals surface area contributed by atoms with E-state index in [0.717, 1.165) is 0 Å². The Kier molecular flexibility index (Phi) is 3.90. The summed E-state index contributed by atoms with van der Waals surface area (Å²) >= 11 is 0. The number of hydrogen-bond donors (Lipinski definition) is 0. The van der Waals surface area contributed by atoms with E-state index in [1.165, 1.54) is 16.7 Å². The van der Waals surface area contributed by atoms with E-state index in [1.807, 2.05) is 12.1 Å². The van der Waals surface area contributed by atoms with Crippen LogP contribution in [0.5, 0.6) is 0 Å². The molecule has 0 N–H and O–H groups in total. The molecular formula is C19H22. The summed E-state index contributed by atoms with van der Waals surface area (Å²) in [5, 5.41) is 0. The molecule has 0 saturated heterocycles. The van der Waals surface area contributed by atoms with Crippen LogP contribution >= 0.6 is 0 Å². The van der Waals surface area contributed by atoms with Gasteiger partial charge in [0.2, 0.25) is 0 Å². The second kappa shape index (κ2) is 5.44. The Morgan fingerprint density at radius 1 is 0.842 bits per heavy atom. The molecule has 0 bridgehead atoms. The first-order chi connectivity index (χ1) is 9.02. The van der Waals surface area contributed by atoms with Crippen LogP contribution in [-0.4, -0.2) is 0 Å². The fraction of sp³-hybridized carbons (Fsp3) is 0.263. The molecule has 0 aromatic heterocycles. The van der Waals surface area contributed by atoms with Crippen molar-refractivity contribution in [1.29, 1.82) is 0 Å². The predicted octanol–water partition coefficient (Wildman–Crippen LogP) is 5.30. The van der Waals surface area contributed by atoms with E-state index in [9.17, 15) is 0 Å². The molecule has 19 heavy (non-hydrogen) atoms. The molecule has 0 aliphatic carbocycles. The van der Waals surface area contributed by atoms with Gasteiger partial charge in [-0.25, -0.2) is 0 Å². The van der Waals surface area contributed by atoms with Crippen molar-refractivity contribution >= 4 is 0 Å². The van der Waals surface area contributed by atoms with Crippen LogP contribution in [-0.2, 0) is 5.41 Å². The number of hydrogen-bond acceptors (Lipinski definition) is 0. The van der Waals surface area contributed by atoms with Crippen molar-refractivity contribution in [3.05, 3.63) is 83.9 Å². The zero-order valence-electron chi connectivity index (χ0n) is 12.1. The lowest BCUT2D eigenvalue weighted by Gasteiger charge is -2.20. The average Bonchev–Trinajstić information content (AvgIpc) is 2.40. The molecule has 0 amide bonds. The van der Waals surface area contributed by atoms with Gasteiger partial charge < -0.3 is 0 Å². The maximum absolute atomic E-state index is 3.98. The summed E-state index contributed by atoms with van der Waals surface area (Å²) in [5.41, 5.74) is 4.16. The molecule has 0 heteroatoms. The zero-order chi connectivity index (χ0) is 13.9. The highest BCUT2D eigenvalue weighted by Gasteiger charge is 2.15. The van der Waals surface area contributed by atoms with Crippen LogP contribution in [0.1, 0.15) is 43.4 Å². The van der Waals surface area contributed by atoms with Gasteiger partial charge in [0.1, 0.15) is 0 Å². The molecule has 0 heterocycles. The number of rotatable bonds is 3. The molecule has 0 nitrogen and oxygen atoms in total. The van der Waals surface area contributed by atoms with Crippen LogP contribution in [0.25, 0.3) is 0 Å². The van der Waals surface area contributed by atoms with Crippen LogP contribution in [0, 0.1) is 0 Å². The van der Waals surface area contributed by atoms with Crippen molar-refractivity contribution in [3.63, 3.8) is 0 Å². The van der Waals surface area contributed by atoms with Crippen molar-refractivity contribution in [2.75, 3.05) is 0 Å². The van der Waals surface area contributed by atoms with Crippen LogP contribution in [0.3, 0.4) is 0 Å². The molecule has 2 aromatic rings. The summed E-state index contributed by atoms with van der Waals surface area (Å²) in [5.74, 6) is 0.273. The van der Waals surface area contributed by atoms with E-state index >= 15 is 0 Å². The highest BCUT2D eigenvalue weighted by atomic mass is 14.2. The summed E-state index contributed by atoms with van der Waals surface area (Å²) in [6, 6.07) is 19.4. The van der Waals surface area contributed by atoms with Gasteiger partial charge in [0.05, 0.1) is 0 Å². The van der Waals surface area contributed by atoms with Gasteiger partial charge in [0.15, 0.2) is 0 Å². The second-order valence-corrected chi connectivity index (χ2v) is 6.00. The lowest BCUT2D eigenvalue weighted by molar-refractivity contribution is 0.590. The summed E-state index contributed by atoms with van der Waals surface area (Å²) in [4.78, 5) is 0. The molecule has 2 aromatic carbocycles. The van der Waals surface area contributed by atoms with Gasteiger partial charge in [0, 0.05) is 5.92 Å². The number of allylic oxidation sites excluding steroid dienone is 1.